The van der Waals surface area contributed by atoms with Crippen LogP contribution in [0.25, 0.3) is 0 Å². The summed E-state index contributed by atoms with van der Waals surface area (Å²) in [5, 5.41) is 6.47. The average molecular weight is 438 g/mol. The molecule has 0 bridgehead atoms. The van der Waals surface area contributed by atoms with E-state index in [1.165, 1.54) is 35.7 Å². The number of thioether (sulfide) groups is 1. The maximum absolute atomic E-state index is 13.2. The van der Waals surface area contributed by atoms with Crippen molar-refractivity contribution in [3.8, 4) is 0 Å². The summed E-state index contributed by atoms with van der Waals surface area (Å²) in [5.74, 6) is 0.330. The number of thiocarbonyl (C=S) groups is 1. The lowest BCUT2D eigenvalue weighted by molar-refractivity contribution is -0.130. The fraction of sp³-hybridized carbons (Fsp3) is 0.375. The number of hydrogen-bond acceptors (Lipinski definition) is 4. The Balaban J connectivity index is 1.54. The van der Waals surface area contributed by atoms with Crippen LogP contribution in [0.3, 0.4) is 0 Å². The minimum Gasteiger partial charge on any atom is -0.358 e. The molecular formula is C24H27N3OS2. The molecule has 0 N–H and O–H groups in total. The van der Waals surface area contributed by atoms with Crippen LogP contribution in [0.5, 0.6) is 0 Å². The zero-order chi connectivity index (χ0) is 21.1. The van der Waals surface area contributed by atoms with Gasteiger partial charge in [-0.2, -0.15) is 5.10 Å². The third kappa shape index (κ3) is 4.60. The number of benzene rings is 2. The highest BCUT2D eigenvalue weighted by Crippen LogP contribution is 2.33. The van der Waals surface area contributed by atoms with Gasteiger partial charge in [0, 0.05) is 19.5 Å². The molecule has 0 aliphatic carbocycles. The maximum Gasteiger partial charge on any atom is 0.253 e. The Bertz CT molecular complexity index is 968. The van der Waals surface area contributed by atoms with Crippen molar-refractivity contribution in [2.75, 3.05) is 18.8 Å². The van der Waals surface area contributed by atoms with Crippen LogP contribution < -0.4 is 0 Å². The van der Waals surface area contributed by atoms with Crippen LogP contribution in [0, 0.1) is 13.8 Å². The van der Waals surface area contributed by atoms with Gasteiger partial charge in [0.2, 0.25) is 0 Å². The van der Waals surface area contributed by atoms with E-state index < -0.39 is 0 Å². The molecular weight excluding hydrogens is 410 g/mol. The SMILES string of the molecule is Cc1ccc(C2=NN(C(=O)CSC(=S)N3CCCC3)[C@H](c3ccccc3)C2)cc1C. The molecule has 4 rings (SSSR count). The van der Waals surface area contributed by atoms with Gasteiger partial charge >= 0.3 is 0 Å². The van der Waals surface area contributed by atoms with E-state index in [1.54, 1.807) is 5.01 Å². The van der Waals surface area contributed by atoms with Gasteiger partial charge in [-0.25, -0.2) is 5.01 Å². The summed E-state index contributed by atoms with van der Waals surface area (Å²) < 4.78 is 0.828. The van der Waals surface area contributed by atoms with Gasteiger partial charge in [-0.3, -0.25) is 4.79 Å². The zero-order valence-electron chi connectivity index (χ0n) is 17.5. The van der Waals surface area contributed by atoms with Crippen molar-refractivity contribution < 1.29 is 4.79 Å². The van der Waals surface area contributed by atoms with Crippen molar-refractivity contribution in [1.29, 1.82) is 0 Å². The van der Waals surface area contributed by atoms with Crippen LogP contribution in [0.1, 0.15) is 47.6 Å². The maximum atomic E-state index is 13.2. The molecule has 2 aliphatic heterocycles. The molecule has 4 nitrogen and oxygen atoms in total. The third-order valence-corrected chi connectivity index (χ3v) is 7.38. The number of hydrazone groups is 1. The molecule has 0 saturated carbocycles. The first-order chi connectivity index (χ1) is 14.5. The van der Waals surface area contributed by atoms with Gasteiger partial charge in [-0.05, 0) is 55.0 Å². The van der Waals surface area contributed by atoms with Crippen LogP contribution in [-0.4, -0.2) is 44.7 Å². The molecule has 2 aromatic rings. The van der Waals surface area contributed by atoms with Gasteiger partial charge in [-0.15, -0.1) is 0 Å². The Morgan fingerprint density at radius 2 is 1.83 bits per heavy atom. The fourth-order valence-electron chi connectivity index (χ4n) is 3.95. The normalized spacial score (nSPS) is 18.6. The van der Waals surface area contributed by atoms with E-state index in [-0.39, 0.29) is 11.9 Å². The first kappa shape index (κ1) is 21.1. The lowest BCUT2D eigenvalue weighted by atomic mass is 9.96. The van der Waals surface area contributed by atoms with Crippen LogP contribution >= 0.6 is 24.0 Å². The van der Waals surface area contributed by atoms with Crippen LogP contribution in [0.4, 0.5) is 0 Å². The van der Waals surface area contributed by atoms with Crippen molar-refractivity contribution in [3.05, 3.63) is 70.8 Å². The highest BCUT2D eigenvalue weighted by atomic mass is 32.2. The molecule has 2 aromatic carbocycles. The number of hydrogen-bond donors (Lipinski definition) is 0. The summed E-state index contributed by atoms with van der Waals surface area (Å²) in [6.07, 6.45) is 3.08. The molecule has 2 aliphatic rings. The first-order valence-corrected chi connectivity index (χ1v) is 11.9. The van der Waals surface area contributed by atoms with Crippen molar-refractivity contribution in [3.63, 3.8) is 0 Å². The lowest BCUT2D eigenvalue weighted by Crippen LogP contribution is -2.30. The second kappa shape index (κ2) is 9.31. The minimum absolute atomic E-state index is 0.00855. The molecule has 30 heavy (non-hydrogen) atoms. The monoisotopic (exact) mass is 437 g/mol. The Labute approximate surface area is 188 Å². The predicted molar refractivity (Wildman–Crippen MR) is 129 cm³/mol. The van der Waals surface area contributed by atoms with E-state index in [0.29, 0.717) is 5.75 Å². The predicted octanol–water partition coefficient (Wildman–Crippen LogP) is 5.10. The smallest absolute Gasteiger partial charge is 0.253 e. The molecule has 0 spiro atoms. The molecule has 0 radical (unpaired) electrons. The average Bonchev–Trinajstić information content (AvgIpc) is 3.45. The highest BCUT2D eigenvalue weighted by molar-refractivity contribution is 8.23. The second-order valence-electron chi connectivity index (χ2n) is 7.96. The summed E-state index contributed by atoms with van der Waals surface area (Å²) in [7, 11) is 0. The van der Waals surface area contributed by atoms with Crippen molar-refractivity contribution in [2.45, 2.75) is 39.2 Å². The second-order valence-corrected chi connectivity index (χ2v) is 9.57. The van der Waals surface area contributed by atoms with Gasteiger partial charge in [0.05, 0.1) is 17.5 Å². The summed E-state index contributed by atoms with van der Waals surface area (Å²) in [6, 6.07) is 16.5. The van der Waals surface area contributed by atoms with Crippen LogP contribution in [0.15, 0.2) is 53.6 Å². The number of nitrogens with zero attached hydrogens (tertiary/aromatic N) is 3. The number of rotatable bonds is 4. The largest absolute Gasteiger partial charge is 0.358 e. The zero-order valence-corrected chi connectivity index (χ0v) is 19.1. The Morgan fingerprint density at radius 1 is 1.10 bits per heavy atom. The summed E-state index contributed by atoms with van der Waals surface area (Å²) in [4.78, 5) is 15.4. The van der Waals surface area contributed by atoms with Crippen LogP contribution in [-0.2, 0) is 4.79 Å². The molecule has 0 aromatic heterocycles. The quantitative estimate of drug-likeness (QED) is 0.624. The Morgan fingerprint density at radius 3 is 2.53 bits per heavy atom. The molecule has 6 heteroatoms. The Hall–Kier alpha value is -2.18. The lowest BCUT2D eigenvalue weighted by Gasteiger charge is -2.23. The van der Waals surface area contributed by atoms with Crippen molar-refractivity contribution in [2.24, 2.45) is 5.10 Å². The van der Waals surface area contributed by atoms with E-state index in [4.69, 9.17) is 17.3 Å². The number of carbonyl (C=O) groups excluding carboxylic acids is 1. The molecule has 1 fully saturated rings. The van der Waals surface area contributed by atoms with E-state index >= 15 is 0 Å². The minimum atomic E-state index is -0.0729. The Kier molecular flexibility index (Phi) is 6.54. The van der Waals surface area contributed by atoms with Crippen LogP contribution in [0.2, 0.25) is 0 Å². The van der Waals surface area contributed by atoms with Gasteiger partial charge < -0.3 is 4.90 Å². The van der Waals surface area contributed by atoms with E-state index in [9.17, 15) is 4.79 Å². The summed E-state index contributed by atoms with van der Waals surface area (Å²) >= 11 is 7.00. The van der Waals surface area contributed by atoms with Gasteiger partial charge in [-0.1, -0.05) is 66.4 Å². The number of carbonyl (C=O) groups is 1. The van der Waals surface area contributed by atoms with Crippen molar-refractivity contribution >= 4 is 39.9 Å². The van der Waals surface area contributed by atoms with Gasteiger partial charge in [0.25, 0.3) is 5.91 Å². The van der Waals surface area contributed by atoms with Gasteiger partial charge in [0.1, 0.15) is 4.32 Å². The van der Waals surface area contributed by atoms with E-state index in [1.807, 2.05) is 18.2 Å². The number of amides is 1. The number of likely N-dealkylation sites (tertiary alicyclic amines) is 1. The fourth-order valence-corrected chi connectivity index (χ4v) is 5.05. The van der Waals surface area contributed by atoms with Crippen molar-refractivity contribution in [1.82, 2.24) is 9.91 Å². The number of aryl methyl sites for hydroxylation is 2. The van der Waals surface area contributed by atoms with Gasteiger partial charge in [0.15, 0.2) is 0 Å². The summed E-state index contributed by atoms with van der Waals surface area (Å²) in [5.41, 5.74) is 5.67. The summed E-state index contributed by atoms with van der Waals surface area (Å²) in [6.45, 7) is 6.23. The standard InChI is InChI=1S/C24H27N3OS2/c1-17-10-11-20(14-18(17)2)21-15-22(19-8-4-3-5-9-19)27(25-21)23(28)16-30-24(29)26-12-6-7-13-26/h3-5,8-11,14,22H,6-7,12-13,15-16H2,1-2H3/t22-/m0/s1. The molecule has 156 valence electrons. The third-order valence-electron chi connectivity index (χ3n) is 5.87. The highest BCUT2D eigenvalue weighted by Gasteiger charge is 2.33. The molecule has 0 unspecified atom stereocenters. The molecule has 1 saturated heterocycles. The molecule has 2 heterocycles. The van der Waals surface area contributed by atoms with E-state index in [2.05, 4.69) is 49.1 Å². The molecule has 1 amide bonds. The van der Waals surface area contributed by atoms with E-state index in [0.717, 1.165) is 40.7 Å². The first-order valence-electron chi connectivity index (χ1n) is 10.5. The topological polar surface area (TPSA) is 35.9 Å². The molecule has 1 atom stereocenters.